The van der Waals surface area contributed by atoms with Crippen molar-refractivity contribution in [1.29, 1.82) is 0 Å². The summed E-state index contributed by atoms with van der Waals surface area (Å²) < 4.78 is 31.2. The van der Waals surface area contributed by atoms with Crippen LogP contribution in [0.3, 0.4) is 0 Å². The van der Waals surface area contributed by atoms with Gasteiger partial charge < -0.3 is 4.74 Å². The summed E-state index contributed by atoms with van der Waals surface area (Å²) in [5.74, 6) is -1.46. The fourth-order valence-corrected chi connectivity index (χ4v) is 2.97. The second kappa shape index (κ2) is 7.27. The van der Waals surface area contributed by atoms with Crippen LogP contribution in [0.25, 0.3) is 10.4 Å². The molecule has 5 nitrogen and oxygen atoms in total. The van der Waals surface area contributed by atoms with Crippen LogP contribution < -0.4 is 15.6 Å². The number of methoxy groups -OCH3 is 1. The van der Waals surface area contributed by atoms with Gasteiger partial charge in [-0.25, -0.2) is 13.8 Å². The van der Waals surface area contributed by atoms with Crippen LogP contribution in [-0.2, 0) is 0 Å². The van der Waals surface area contributed by atoms with Gasteiger partial charge in [0.2, 0.25) is 5.88 Å². The highest BCUT2D eigenvalue weighted by Gasteiger charge is 2.11. The number of pyridine rings is 1. The van der Waals surface area contributed by atoms with Crippen LogP contribution in [0, 0.1) is 11.6 Å². The fraction of sp³-hybridized carbons (Fsp3) is 0.0588. The first-order chi connectivity index (χ1) is 12.1. The number of nitrogens with zero attached hydrogens (tertiary/aromatic N) is 1. The minimum Gasteiger partial charge on any atom is -0.479 e. The molecule has 128 valence electrons. The molecule has 25 heavy (non-hydrogen) atoms. The Morgan fingerprint density at radius 2 is 1.92 bits per heavy atom. The number of anilines is 1. The molecule has 2 N–H and O–H groups in total. The van der Waals surface area contributed by atoms with Crippen molar-refractivity contribution in [3.05, 3.63) is 65.2 Å². The minimum atomic E-state index is -0.642. The second-order valence-corrected chi connectivity index (χ2v) is 6.05. The van der Waals surface area contributed by atoms with E-state index in [-0.39, 0.29) is 23.3 Å². The molecule has 0 saturated heterocycles. The predicted molar refractivity (Wildman–Crippen MR) is 91.5 cm³/mol. The Hall–Kier alpha value is -3.00. The Labute approximate surface area is 146 Å². The van der Waals surface area contributed by atoms with Crippen molar-refractivity contribution in [1.82, 2.24) is 10.4 Å². The molecule has 2 aromatic heterocycles. The third-order valence-corrected chi connectivity index (χ3v) is 4.41. The molecule has 0 aliphatic carbocycles. The van der Waals surface area contributed by atoms with Crippen LogP contribution in [0.2, 0.25) is 0 Å². The Bertz CT molecular complexity index is 897. The molecular weight excluding hydrogens is 348 g/mol. The quantitative estimate of drug-likeness (QED) is 0.678. The highest BCUT2D eigenvalue weighted by atomic mass is 32.1. The fourth-order valence-electron chi connectivity index (χ4n) is 2.06. The summed E-state index contributed by atoms with van der Waals surface area (Å²) in [6, 6.07) is 10.6. The van der Waals surface area contributed by atoms with Crippen molar-refractivity contribution in [3.63, 3.8) is 0 Å². The number of rotatable bonds is 5. The smallest absolute Gasteiger partial charge is 0.279 e. The van der Waals surface area contributed by atoms with Gasteiger partial charge in [0, 0.05) is 10.9 Å². The largest absolute Gasteiger partial charge is 0.479 e. The molecule has 0 unspecified atom stereocenters. The van der Waals surface area contributed by atoms with Gasteiger partial charge >= 0.3 is 0 Å². The molecule has 2 heterocycles. The van der Waals surface area contributed by atoms with Crippen molar-refractivity contribution in [2.24, 2.45) is 0 Å². The normalized spacial score (nSPS) is 10.4. The van der Waals surface area contributed by atoms with Gasteiger partial charge in [-0.15, -0.1) is 11.3 Å². The van der Waals surface area contributed by atoms with E-state index in [0.29, 0.717) is 4.88 Å². The number of nitrogens with one attached hydrogen (secondary N) is 2. The van der Waals surface area contributed by atoms with Crippen LogP contribution in [-0.4, -0.2) is 18.0 Å². The number of hydrazine groups is 1. The number of carbonyl (C=O) groups is 1. The van der Waals surface area contributed by atoms with E-state index in [0.717, 1.165) is 16.5 Å². The number of aromatic nitrogens is 1. The van der Waals surface area contributed by atoms with Crippen molar-refractivity contribution in [3.8, 4) is 16.3 Å². The van der Waals surface area contributed by atoms with Gasteiger partial charge in [-0.1, -0.05) is 12.1 Å². The maximum atomic E-state index is 13.6. The summed E-state index contributed by atoms with van der Waals surface area (Å²) in [6.45, 7) is 0. The Morgan fingerprint density at radius 3 is 2.60 bits per heavy atom. The van der Waals surface area contributed by atoms with Gasteiger partial charge in [-0.05, 0) is 29.8 Å². The summed E-state index contributed by atoms with van der Waals surface area (Å²) in [4.78, 5) is 17.2. The third kappa shape index (κ3) is 3.92. The van der Waals surface area contributed by atoms with Crippen LogP contribution >= 0.6 is 11.3 Å². The van der Waals surface area contributed by atoms with Gasteiger partial charge in [0.05, 0.1) is 23.9 Å². The predicted octanol–water partition coefficient (Wildman–Crippen LogP) is 3.85. The number of benzene rings is 1. The van der Waals surface area contributed by atoms with Gasteiger partial charge in [0.25, 0.3) is 5.91 Å². The topological polar surface area (TPSA) is 63.2 Å². The zero-order valence-electron chi connectivity index (χ0n) is 13.0. The van der Waals surface area contributed by atoms with E-state index in [1.54, 1.807) is 24.3 Å². The number of ether oxygens (including phenoxy) is 1. The van der Waals surface area contributed by atoms with E-state index in [1.165, 1.54) is 36.8 Å². The molecule has 1 amide bonds. The second-order valence-electron chi connectivity index (χ2n) is 4.97. The van der Waals surface area contributed by atoms with Crippen molar-refractivity contribution in [2.45, 2.75) is 0 Å². The molecule has 3 aromatic rings. The van der Waals surface area contributed by atoms with Crippen molar-refractivity contribution < 1.29 is 18.3 Å². The lowest BCUT2D eigenvalue weighted by atomic mass is 10.2. The monoisotopic (exact) mass is 361 g/mol. The average molecular weight is 361 g/mol. The van der Waals surface area contributed by atoms with E-state index in [1.807, 2.05) is 0 Å². The number of halogens is 2. The van der Waals surface area contributed by atoms with Crippen LogP contribution in [0.15, 0.2) is 48.7 Å². The summed E-state index contributed by atoms with van der Waals surface area (Å²) in [6.07, 6.45) is 1.33. The number of hydrogen-bond donors (Lipinski definition) is 2. The average Bonchev–Trinajstić information content (AvgIpc) is 3.10. The van der Waals surface area contributed by atoms with Gasteiger partial charge in [0.1, 0.15) is 5.82 Å². The molecule has 0 saturated carbocycles. The first kappa shape index (κ1) is 16.8. The van der Waals surface area contributed by atoms with E-state index < -0.39 is 5.82 Å². The number of thiophene rings is 1. The molecule has 0 atom stereocenters. The lowest BCUT2D eigenvalue weighted by Gasteiger charge is -2.08. The maximum Gasteiger partial charge on any atom is 0.279 e. The lowest BCUT2D eigenvalue weighted by Crippen LogP contribution is -2.28. The summed E-state index contributed by atoms with van der Waals surface area (Å²) >= 11 is 1.26. The van der Waals surface area contributed by atoms with Gasteiger partial charge in [-0.2, -0.15) is 0 Å². The molecule has 0 spiro atoms. The Balaban J connectivity index is 1.66. The molecule has 3 rings (SSSR count). The summed E-state index contributed by atoms with van der Waals surface area (Å²) in [7, 11) is 1.32. The molecular formula is C17H13F2N3O2S. The number of carbonyl (C=O) groups excluding carboxylic acids is 1. The van der Waals surface area contributed by atoms with Crippen LogP contribution in [0.4, 0.5) is 14.5 Å². The highest BCUT2D eigenvalue weighted by Crippen LogP contribution is 2.28. The molecule has 1 aromatic carbocycles. The van der Waals surface area contributed by atoms with E-state index in [4.69, 9.17) is 4.74 Å². The summed E-state index contributed by atoms with van der Waals surface area (Å²) in [5, 5.41) is 0. The third-order valence-electron chi connectivity index (χ3n) is 3.28. The lowest BCUT2D eigenvalue weighted by molar-refractivity contribution is 0.0966. The van der Waals surface area contributed by atoms with E-state index in [9.17, 15) is 13.6 Å². The Kier molecular flexibility index (Phi) is 4.90. The van der Waals surface area contributed by atoms with Gasteiger partial charge in [0.15, 0.2) is 5.82 Å². The Morgan fingerprint density at radius 1 is 1.16 bits per heavy atom. The zero-order chi connectivity index (χ0) is 17.8. The van der Waals surface area contributed by atoms with Crippen LogP contribution in [0.5, 0.6) is 5.88 Å². The maximum absolute atomic E-state index is 13.6. The van der Waals surface area contributed by atoms with Crippen molar-refractivity contribution in [2.75, 3.05) is 12.5 Å². The van der Waals surface area contributed by atoms with Crippen LogP contribution in [0.1, 0.15) is 9.67 Å². The molecule has 0 bridgehead atoms. The summed E-state index contributed by atoms with van der Waals surface area (Å²) in [5.41, 5.74) is 6.16. The highest BCUT2D eigenvalue weighted by molar-refractivity contribution is 7.17. The SMILES string of the molecule is COc1ncc(NNC(=O)c2ccc(-c3ccc(F)cc3)s2)cc1F. The van der Waals surface area contributed by atoms with E-state index in [2.05, 4.69) is 15.8 Å². The standard InChI is InChI=1S/C17H13F2N3O2S/c1-24-17-13(19)8-12(9-20-17)21-22-16(23)15-7-6-14(25-15)10-2-4-11(18)5-3-10/h2-9,21H,1H3,(H,22,23). The van der Waals surface area contributed by atoms with Gasteiger partial charge in [-0.3, -0.25) is 15.6 Å². The minimum absolute atomic E-state index is 0.126. The molecule has 8 heteroatoms. The van der Waals surface area contributed by atoms with Crippen molar-refractivity contribution >= 4 is 22.9 Å². The first-order valence-corrected chi connectivity index (χ1v) is 8.00. The molecule has 0 fully saturated rings. The number of hydrogen-bond acceptors (Lipinski definition) is 5. The van der Waals surface area contributed by atoms with E-state index >= 15 is 0 Å². The zero-order valence-corrected chi connectivity index (χ0v) is 13.9. The molecule has 0 radical (unpaired) electrons. The molecule has 0 aliphatic heterocycles. The molecule has 0 aliphatic rings. The first-order valence-electron chi connectivity index (χ1n) is 7.18. The number of amides is 1.